The van der Waals surface area contributed by atoms with E-state index in [2.05, 4.69) is 22.2 Å². The summed E-state index contributed by atoms with van der Waals surface area (Å²) in [7, 11) is 0. The Balaban J connectivity index is 1.80. The van der Waals surface area contributed by atoms with Gasteiger partial charge in [-0.15, -0.1) is 5.10 Å². The molecule has 1 aliphatic rings. The van der Waals surface area contributed by atoms with Gasteiger partial charge in [0.05, 0.1) is 13.1 Å². The highest BCUT2D eigenvalue weighted by Crippen LogP contribution is 2.35. The molecule has 0 spiro atoms. The predicted molar refractivity (Wildman–Crippen MR) is 99.7 cm³/mol. The van der Waals surface area contributed by atoms with Crippen LogP contribution >= 0.6 is 22.9 Å². The number of aromatic hydroxyl groups is 1. The van der Waals surface area contributed by atoms with Crippen molar-refractivity contribution in [3.8, 4) is 5.88 Å². The zero-order valence-electron chi connectivity index (χ0n) is 14.2. The predicted octanol–water partition coefficient (Wildman–Crippen LogP) is 2.87. The SMILES string of the molecule is CCc1nc2sc([C@H](c3ccc(Cl)cc3)[NH+]3CCCCC3)c(O)n2n1. The van der Waals surface area contributed by atoms with Gasteiger partial charge in [0.25, 0.3) is 0 Å². The first-order valence-electron chi connectivity index (χ1n) is 8.84. The molecule has 1 saturated heterocycles. The lowest BCUT2D eigenvalue weighted by Gasteiger charge is -2.31. The molecule has 25 heavy (non-hydrogen) atoms. The summed E-state index contributed by atoms with van der Waals surface area (Å²) in [5.41, 5.74) is 1.18. The van der Waals surface area contributed by atoms with Crippen molar-refractivity contribution in [2.24, 2.45) is 0 Å². The van der Waals surface area contributed by atoms with Crippen molar-refractivity contribution in [1.82, 2.24) is 14.6 Å². The molecule has 0 amide bonds. The van der Waals surface area contributed by atoms with Gasteiger partial charge in [-0.1, -0.05) is 42.0 Å². The van der Waals surface area contributed by atoms with Crippen molar-refractivity contribution in [2.75, 3.05) is 13.1 Å². The fraction of sp³-hybridized carbons (Fsp3) is 0.444. The number of halogens is 1. The van der Waals surface area contributed by atoms with Crippen molar-refractivity contribution in [3.63, 3.8) is 0 Å². The second-order valence-corrected chi connectivity index (χ2v) is 8.01. The summed E-state index contributed by atoms with van der Waals surface area (Å²) >= 11 is 7.63. The van der Waals surface area contributed by atoms with Gasteiger partial charge in [0, 0.05) is 17.0 Å². The molecule has 3 heterocycles. The third kappa shape index (κ3) is 3.14. The number of thiazole rings is 1. The van der Waals surface area contributed by atoms with Crippen LogP contribution in [0.5, 0.6) is 5.88 Å². The Morgan fingerprint density at radius 1 is 1.24 bits per heavy atom. The summed E-state index contributed by atoms with van der Waals surface area (Å²) in [6, 6.07) is 8.09. The number of aryl methyl sites for hydroxylation is 1. The van der Waals surface area contributed by atoms with Gasteiger partial charge in [-0.05, 0) is 31.4 Å². The van der Waals surface area contributed by atoms with E-state index in [1.165, 1.54) is 29.7 Å². The number of benzene rings is 1. The Hall–Kier alpha value is -1.63. The summed E-state index contributed by atoms with van der Waals surface area (Å²) in [5.74, 6) is 0.992. The molecule has 7 heteroatoms. The number of fused-ring (bicyclic) bond motifs is 1. The van der Waals surface area contributed by atoms with Gasteiger partial charge in [0.1, 0.15) is 4.88 Å². The Kier molecular flexibility index (Phi) is 4.67. The van der Waals surface area contributed by atoms with Crippen LogP contribution in [-0.2, 0) is 6.42 Å². The van der Waals surface area contributed by atoms with Gasteiger partial charge in [-0.25, -0.2) is 4.98 Å². The van der Waals surface area contributed by atoms with Crippen LogP contribution in [0.25, 0.3) is 4.96 Å². The zero-order valence-corrected chi connectivity index (χ0v) is 15.8. The number of nitrogens with zero attached hydrogens (tertiary/aromatic N) is 3. The number of nitrogens with one attached hydrogen (secondary N) is 1. The third-order valence-electron chi connectivity index (χ3n) is 4.93. The molecule has 1 aliphatic heterocycles. The maximum Gasteiger partial charge on any atom is 0.235 e. The molecule has 2 N–H and O–H groups in total. The normalized spacial score (nSPS) is 17.2. The fourth-order valence-corrected chi connectivity index (χ4v) is 4.94. The van der Waals surface area contributed by atoms with Crippen molar-refractivity contribution in [1.29, 1.82) is 0 Å². The highest BCUT2D eigenvalue weighted by atomic mass is 35.5. The first-order chi connectivity index (χ1) is 12.2. The molecule has 1 atom stereocenters. The summed E-state index contributed by atoms with van der Waals surface area (Å²) in [6.45, 7) is 4.24. The molecule has 1 fully saturated rings. The molecule has 0 radical (unpaired) electrons. The first-order valence-corrected chi connectivity index (χ1v) is 10.0. The van der Waals surface area contributed by atoms with Crippen molar-refractivity contribution in [3.05, 3.63) is 45.6 Å². The molecule has 2 aromatic heterocycles. The van der Waals surface area contributed by atoms with Gasteiger partial charge >= 0.3 is 0 Å². The van der Waals surface area contributed by atoms with Crippen LogP contribution in [0.4, 0.5) is 0 Å². The van der Waals surface area contributed by atoms with Crippen LogP contribution in [0.15, 0.2) is 24.3 Å². The highest BCUT2D eigenvalue weighted by molar-refractivity contribution is 7.17. The number of aromatic nitrogens is 3. The van der Waals surface area contributed by atoms with E-state index >= 15 is 0 Å². The van der Waals surface area contributed by atoms with Crippen LogP contribution in [-0.4, -0.2) is 32.8 Å². The largest absolute Gasteiger partial charge is 0.492 e. The molecule has 0 unspecified atom stereocenters. The van der Waals surface area contributed by atoms with E-state index in [-0.39, 0.29) is 11.9 Å². The van der Waals surface area contributed by atoms with Crippen molar-refractivity contribution in [2.45, 2.75) is 38.6 Å². The zero-order chi connectivity index (χ0) is 17.4. The average Bonchev–Trinajstić information content (AvgIpc) is 3.18. The minimum absolute atomic E-state index is 0.0937. The molecule has 132 valence electrons. The second-order valence-electron chi connectivity index (χ2n) is 6.57. The number of piperidine rings is 1. The lowest BCUT2D eigenvalue weighted by atomic mass is 10.0. The molecule has 0 bridgehead atoms. The molecule has 5 nitrogen and oxygen atoms in total. The van der Waals surface area contributed by atoms with Crippen LogP contribution < -0.4 is 4.90 Å². The quantitative estimate of drug-likeness (QED) is 0.735. The van der Waals surface area contributed by atoms with E-state index < -0.39 is 0 Å². The molecule has 0 saturated carbocycles. The molecule has 1 aromatic carbocycles. The topological polar surface area (TPSA) is 54.9 Å². The molecule has 0 aliphatic carbocycles. The maximum atomic E-state index is 10.8. The Bertz CT molecular complexity index is 867. The molecule has 3 aromatic rings. The van der Waals surface area contributed by atoms with Crippen LogP contribution in [0, 0.1) is 0 Å². The van der Waals surface area contributed by atoms with Gasteiger partial charge in [-0.2, -0.15) is 4.52 Å². The summed E-state index contributed by atoms with van der Waals surface area (Å²) < 4.78 is 1.59. The number of hydrogen-bond acceptors (Lipinski definition) is 4. The van der Waals surface area contributed by atoms with E-state index in [4.69, 9.17) is 11.6 Å². The summed E-state index contributed by atoms with van der Waals surface area (Å²) in [4.78, 5) is 7.72. The van der Waals surface area contributed by atoms with Gasteiger partial charge in [0.15, 0.2) is 11.9 Å². The van der Waals surface area contributed by atoms with Crippen molar-refractivity contribution < 1.29 is 10.0 Å². The van der Waals surface area contributed by atoms with E-state index in [0.29, 0.717) is 0 Å². The Labute approximate surface area is 155 Å². The molecular weight excluding hydrogens is 356 g/mol. The van der Waals surface area contributed by atoms with Gasteiger partial charge in [0.2, 0.25) is 10.8 Å². The van der Waals surface area contributed by atoms with E-state index in [0.717, 1.165) is 40.2 Å². The molecular formula is C18H22ClN4OS+. The van der Waals surface area contributed by atoms with Gasteiger partial charge in [-0.3, -0.25) is 0 Å². The number of rotatable bonds is 4. The maximum absolute atomic E-state index is 10.8. The van der Waals surface area contributed by atoms with E-state index in [1.54, 1.807) is 15.9 Å². The van der Waals surface area contributed by atoms with Gasteiger partial charge < -0.3 is 10.0 Å². The second kappa shape index (κ2) is 6.94. The van der Waals surface area contributed by atoms with Crippen LogP contribution in [0.3, 0.4) is 0 Å². The highest BCUT2D eigenvalue weighted by Gasteiger charge is 2.33. The summed E-state index contributed by atoms with van der Waals surface area (Å²) in [6.07, 6.45) is 4.50. The smallest absolute Gasteiger partial charge is 0.235 e. The monoisotopic (exact) mass is 377 g/mol. The van der Waals surface area contributed by atoms with Crippen LogP contribution in [0.1, 0.15) is 48.5 Å². The van der Waals surface area contributed by atoms with Crippen LogP contribution in [0.2, 0.25) is 5.02 Å². The minimum Gasteiger partial charge on any atom is -0.492 e. The Morgan fingerprint density at radius 3 is 2.60 bits per heavy atom. The fourth-order valence-electron chi connectivity index (χ4n) is 3.65. The first kappa shape index (κ1) is 16.8. The number of quaternary nitrogens is 1. The Morgan fingerprint density at radius 2 is 1.96 bits per heavy atom. The lowest BCUT2D eigenvalue weighted by molar-refractivity contribution is -0.929. The number of hydrogen-bond donors (Lipinski definition) is 2. The minimum atomic E-state index is 0.0937. The van der Waals surface area contributed by atoms with E-state index in [9.17, 15) is 5.11 Å². The lowest BCUT2D eigenvalue weighted by Crippen LogP contribution is -3.13. The summed E-state index contributed by atoms with van der Waals surface area (Å²) in [5, 5.41) is 16.0. The third-order valence-corrected chi connectivity index (χ3v) is 6.27. The number of likely N-dealkylation sites (tertiary alicyclic amines) is 1. The molecule has 4 rings (SSSR count). The van der Waals surface area contributed by atoms with E-state index in [1.807, 2.05) is 19.1 Å². The standard InChI is InChI=1S/C18H21ClN4OS/c1-2-14-20-18-23(21-14)17(24)16(25-18)15(22-10-4-3-5-11-22)12-6-8-13(19)9-7-12/h6-9,15,24H,2-5,10-11H2,1H3/p+1/t15-/m0/s1. The average molecular weight is 378 g/mol. The van der Waals surface area contributed by atoms with Crippen molar-refractivity contribution >= 4 is 27.9 Å².